The summed E-state index contributed by atoms with van der Waals surface area (Å²) in [7, 11) is 0. The normalized spacial score (nSPS) is 10.1. The first-order valence-corrected chi connectivity index (χ1v) is 6.28. The summed E-state index contributed by atoms with van der Waals surface area (Å²) in [6, 6.07) is 6.11. The van der Waals surface area contributed by atoms with E-state index in [0.29, 0.717) is 6.42 Å². The Kier molecular flexibility index (Phi) is 4.17. The van der Waals surface area contributed by atoms with Gasteiger partial charge >= 0.3 is 0 Å². The molecule has 0 bridgehead atoms. The SMILES string of the molecule is N#CCCSc1nccn1Cc1ccncc1. The van der Waals surface area contributed by atoms with Crippen LogP contribution < -0.4 is 0 Å². The van der Waals surface area contributed by atoms with E-state index in [9.17, 15) is 0 Å². The van der Waals surface area contributed by atoms with Crippen molar-refractivity contribution in [2.24, 2.45) is 0 Å². The maximum Gasteiger partial charge on any atom is 0.168 e. The number of hydrogen-bond donors (Lipinski definition) is 0. The second kappa shape index (κ2) is 6.06. The van der Waals surface area contributed by atoms with E-state index in [0.717, 1.165) is 17.5 Å². The fourth-order valence-electron chi connectivity index (χ4n) is 1.43. The van der Waals surface area contributed by atoms with E-state index in [1.54, 1.807) is 30.4 Å². The van der Waals surface area contributed by atoms with Crippen LogP contribution in [0.15, 0.2) is 42.1 Å². The van der Waals surface area contributed by atoms with Crippen LogP contribution in [-0.4, -0.2) is 20.3 Å². The Hall–Kier alpha value is -1.80. The number of aromatic nitrogens is 3. The largest absolute Gasteiger partial charge is 0.322 e. The second-order valence-corrected chi connectivity index (χ2v) is 4.51. The summed E-state index contributed by atoms with van der Waals surface area (Å²) in [4.78, 5) is 8.28. The van der Waals surface area contributed by atoms with Crippen LogP contribution in [0.5, 0.6) is 0 Å². The molecule has 0 saturated heterocycles. The number of nitrogens with zero attached hydrogens (tertiary/aromatic N) is 4. The molecule has 0 aliphatic heterocycles. The summed E-state index contributed by atoms with van der Waals surface area (Å²) in [6.45, 7) is 0.789. The van der Waals surface area contributed by atoms with Crippen molar-refractivity contribution in [2.45, 2.75) is 18.1 Å². The van der Waals surface area contributed by atoms with Gasteiger partial charge in [0.1, 0.15) is 0 Å². The molecule has 0 N–H and O–H groups in total. The maximum atomic E-state index is 8.50. The van der Waals surface area contributed by atoms with Gasteiger partial charge in [0.2, 0.25) is 0 Å². The molecule has 0 radical (unpaired) electrons. The molecule has 0 spiro atoms. The lowest BCUT2D eigenvalue weighted by Gasteiger charge is -2.06. The van der Waals surface area contributed by atoms with Crippen LogP contribution in [-0.2, 0) is 6.54 Å². The zero-order valence-electron chi connectivity index (χ0n) is 9.28. The highest BCUT2D eigenvalue weighted by atomic mass is 32.2. The van der Waals surface area contributed by atoms with Crippen molar-refractivity contribution >= 4 is 11.8 Å². The molecule has 2 heterocycles. The lowest BCUT2D eigenvalue weighted by atomic mass is 10.3. The molecular weight excluding hydrogens is 232 g/mol. The Morgan fingerprint density at radius 1 is 1.29 bits per heavy atom. The fraction of sp³-hybridized carbons (Fsp3) is 0.250. The predicted octanol–water partition coefficient (Wildman–Crippen LogP) is 2.33. The minimum Gasteiger partial charge on any atom is -0.322 e. The third-order valence-electron chi connectivity index (χ3n) is 2.22. The van der Waals surface area contributed by atoms with Gasteiger partial charge < -0.3 is 4.57 Å². The summed E-state index contributed by atoms with van der Waals surface area (Å²) in [5, 5.41) is 9.46. The average molecular weight is 244 g/mol. The number of hydrogen-bond acceptors (Lipinski definition) is 4. The van der Waals surface area contributed by atoms with Crippen LogP contribution in [0.4, 0.5) is 0 Å². The van der Waals surface area contributed by atoms with E-state index in [-0.39, 0.29) is 0 Å². The predicted molar refractivity (Wildman–Crippen MR) is 66.5 cm³/mol. The highest BCUT2D eigenvalue weighted by molar-refractivity contribution is 7.99. The molecule has 17 heavy (non-hydrogen) atoms. The molecule has 0 aliphatic rings. The van der Waals surface area contributed by atoms with Crippen molar-refractivity contribution in [2.75, 3.05) is 5.75 Å². The van der Waals surface area contributed by atoms with Gasteiger partial charge in [-0.15, -0.1) is 0 Å². The molecule has 0 aromatic carbocycles. The number of nitriles is 1. The Balaban J connectivity index is 2.02. The Morgan fingerprint density at radius 2 is 2.12 bits per heavy atom. The standard InChI is InChI=1S/C12H12N4S/c13-4-1-9-17-12-15-7-8-16(12)10-11-2-5-14-6-3-11/h2-3,5-8H,1,9-10H2. The van der Waals surface area contributed by atoms with Crippen molar-refractivity contribution in [3.8, 4) is 6.07 Å². The molecule has 0 atom stereocenters. The number of imidazole rings is 1. The van der Waals surface area contributed by atoms with E-state index in [2.05, 4.69) is 20.6 Å². The smallest absolute Gasteiger partial charge is 0.168 e. The Bertz CT molecular complexity index is 501. The van der Waals surface area contributed by atoms with E-state index in [1.165, 1.54) is 5.56 Å². The molecule has 0 saturated carbocycles. The fourth-order valence-corrected chi connectivity index (χ4v) is 2.23. The minimum absolute atomic E-state index is 0.548. The zero-order valence-corrected chi connectivity index (χ0v) is 10.1. The van der Waals surface area contributed by atoms with Crippen LogP contribution in [0.3, 0.4) is 0 Å². The first-order chi connectivity index (χ1) is 8.40. The van der Waals surface area contributed by atoms with Crippen LogP contribution in [0.1, 0.15) is 12.0 Å². The van der Waals surface area contributed by atoms with Gasteiger partial charge in [-0.05, 0) is 17.7 Å². The van der Waals surface area contributed by atoms with Gasteiger partial charge in [-0.2, -0.15) is 5.26 Å². The molecule has 0 amide bonds. The van der Waals surface area contributed by atoms with Crippen molar-refractivity contribution in [3.05, 3.63) is 42.5 Å². The Labute approximate surface area is 104 Å². The van der Waals surface area contributed by atoms with Crippen LogP contribution in [0, 0.1) is 11.3 Å². The van der Waals surface area contributed by atoms with Gasteiger partial charge in [0, 0.05) is 43.5 Å². The van der Waals surface area contributed by atoms with Crippen molar-refractivity contribution < 1.29 is 0 Å². The van der Waals surface area contributed by atoms with Crippen molar-refractivity contribution in [1.29, 1.82) is 5.26 Å². The third-order valence-corrected chi connectivity index (χ3v) is 3.23. The first kappa shape index (κ1) is 11.7. The Morgan fingerprint density at radius 3 is 2.88 bits per heavy atom. The molecule has 2 aromatic heterocycles. The van der Waals surface area contributed by atoms with E-state index in [1.807, 2.05) is 18.3 Å². The lowest BCUT2D eigenvalue weighted by molar-refractivity contribution is 0.708. The van der Waals surface area contributed by atoms with Gasteiger partial charge in [-0.3, -0.25) is 4.98 Å². The monoisotopic (exact) mass is 244 g/mol. The number of thioether (sulfide) groups is 1. The highest BCUT2D eigenvalue weighted by Crippen LogP contribution is 2.17. The second-order valence-electron chi connectivity index (χ2n) is 3.45. The molecular formula is C12H12N4S. The third kappa shape index (κ3) is 3.33. The topological polar surface area (TPSA) is 54.5 Å². The molecule has 0 unspecified atom stereocenters. The number of rotatable bonds is 5. The van der Waals surface area contributed by atoms with Crippen LogP contribution >= 0.6 is 11.8 Å². The van der Waals surface area contributed by atoms with Gasteiger partial charge in [-0.1, -0.05) is 11.8 Å². The average Bonchev–Trinajstić information content (AvgIpc) is 2.79. The van der Waals surface area contributed by atoms with Gasteiger partial charge in [0.15, 0.2) is 5.16 Å². The molecule has 86 valence electrons. The zero-order chi connectivity index (χ0) is 11.9. The summed E-state index contributed by atoms with van der Waals surface area (Å²) in [5.74, 6) is 0.782. The lowest BCUT2D eigenvalue weighted by Crippen LogP contribution is -2.00. The van der Waals surface area contributed by atoms with E-state index < -0.39 is 0 Å². The maximum absolute atomic E-state index is 8.50. The molecule has 2 rings (SSSR count). The van der Waals surface area contributed by atoms with E-state index in [4.69, 9.17) is 5.26 Å². The molecule has 5 heteroatoms. The van der Waals surface area contributed by atoms with Crippen LogP contribution in [0.2, 0.25) is 0 Å². The summed E-state index contributed by atoms with van der Waals surface area (Å²) < 4.78 is 2.08. The first-order valence-electron chi connectivity index (χ1n) is 5.30. The van der Waals surface area contributed by atoms with Gasteiger partial charge in [0.25, 0.3) is 0 Å². The van der Waals surface area contributed by atoms with Crippen molar-refractivity contribution in [3.63, 3.8) is 0 Å². The summed E-state index contributed by atoms with van der Waals surface area (Å²) >= 11 is 1.61. The quantitative estimate of drug-likeness (QED) is 0.598. The van der Waals surface area contributed by atoms with Crippen LogP contribution in [0.25, 0.3) is 0 Å². The van der Waals surface area contributed by atoms with E-state index >= 15 is 0 Å². The molecule has 0 fully saturated rings. The molecule has 2 aromatic rings. The highest BCUT2D eigenvalue weighted by Gasteiger charge is 2.03. The van der Waals surface area contributed by atoms with Gasteiger partial charge in [0.05, 0.1) is 6.07 Å². The summed E-state index contributed by atoms with van der Waals surface area (Å²) in [5.41, 5.74) is 1.19. The van der Waals surface area contributed by atoms with Gasteiger partial charge in [-0.25, -0.2) is 4.98 Å². The minimum atomic E-state index is 0.548. The molecule has 4 nitrogen and oxygen atoms in total. The molecule has 0 aliphatic carbocycles. The number of pyridine rings is 1. The van der Waals surface area contributed by atoms with Crippen molar-refractivity contribution in [1.82, 2.24) is 14.5 Å². The summed E-state index contributed by atoms with van der Waals surface area (Å²) in [6.07, 6.45) is 7.86.